The van der Waals surface area contributed by atoms with Gasteiger partial charge in [0.25, 0.3) is 0 Å². The third kappa shape index (κ3) is 2.83. The minimum atomic E-state index is 0.738. The molecule has 0 aliphatic carbocycles. The number of pyridine rings is 1. The summed E-state index contributed by atoms with van der Waals surface area (Å²) >= 11 is 5.87. The van der Waals surface area contributed by atoms with E-state index in [0.717, 1.165) is 22.8 Å². The molecule has 0 fully saturated rings. The Bertz CT molecular complexity index is 659. The zero-order valence-electron chi connectivity index (χ0n) is 10.2. The number of benzene rings is 1. The molecule has 0 aliphatic rings. The molecule has 0 spiro atoms. The second-order valence-corrected chi connectivity index (χ2v) is 4.70. The first-order chi connectivity index (χ1) is 9.31. The first-order valence-corrected chi connectivity index (χ1v) is 6.37. The summed E-state index contributed by atoms with van der Waals surface area (Å²) in [4.78, 5) is 4.01. The molecule has 0 saturated carbocycles. The summed E-state index contributed by atoms with van der Waals surface area (Å²) in [7, 11) is 0. The average Bonchev–Trinajstić information content (AvgIpc) is 2.91. The summed E-state index contributed by atoms with van der Waals surface area (Å²) < 4.78 is 1.92. The van der Waals surface area contributed by atoms with Gasteiger partial charge >= 0.3 is 0 Å². The molecule has 0 bridgehead atoms. The fourth-order valence-electron chi connectivity index (χ4n) is 1.90. The van der Waals surface area contributed by atoms with Gasteiger partial charge in [-0.15, -0.1) is 0 Å². The highest BCUT2D eigenvalue weighted by molar-refractivity contribution is 6.30. The summed E-state index contributed by atoms with van der Waals surface area (Å²) in [5.41, 5.74) is 3.20. The summed E-state index contributed by atoms with van der Waals surface area (Å²) in [6, 6.07) is 13.7. The quantitative estimate of drug-likeness (QED) is 0.727. The van der Waals surface area contributed by atoms with Crippen LogP contribution in [0.2, 0.25) is 5.02 Å². The van der Waals surface area contributed by atoms with Gasteiger partial charge in [-0.3, -0.25) is 9.67 Å². The molecular weight excluding hydrogens is 258 g/mol. The maximum absolute atomic E-state index is 5.87. The van der Waals surface area contributed by atoms with Gasteiger partial charge in [-0.05, 0) is 35.9 Å². The lowest BCUT2D eigenvalue weighted by molar-refractivity contribution is 0.689. The molecule has 1 aromatic carbocycles. The molecule has 94 valence electrons. The Morgan fingerprint density at radius 2 is 1.68 bits per heavy atom. The van der Waals surface area contributed by atoms with Crippen molar-refractivity contribution >= 4 is 11.6 Å². The molecular formula is C15H12ClN3. The first kappa shape index (κ1) is 11.9. The lowest BCUT2D eigenvalue weighted by Crippen LogP contribution is -2.00. The van der Waals surface area contributed by atoms with E-state index in [-0.39, 0.29) is 0 Å². The summed E-state index contributed by atoms with van der Waals surface area (Å²) in [6.07, 6.45) is 5.52. The summed E-state index contributed by atoms with van der Waals surface area (Å²) in [5.74, 6) is 0. The van der Waals surface area contributed by atoms with Gasteiger partial charge in [0.1, 0.15) is 0 Å². The van der Waals surface area contributed by atoms with E-state index in [2.05, 4.69) is 10.1 Å². The molecule has 0 radical (unpaired) electrons. The number of hydrogen-bond acceptors (Lipinski definition) is 2. The number of hydrogen-bond donors (Lipinski definition) is 0. The van der Waals surface area contributed by atoms with E-state index in [1.807, 2.05) is 53.3 Å². The normalized spacial score (nSPS) is 10.6. The SMILES string of the molecule is Clc1ccc(Cn2ccc(-c3ccncc3)n2)cc1. The highest BCUT2D eigenvalue weighted by Gasteiger charge is 2.02. The molecule has 19 heavy (non-hydrogen) atoms. The van der Waals surface area contributed by atoms with Crippen molar-refractivity contribution in [2.24, 2.45) is 0 Å². The first-order valence-electron chi connectivity index (χ1n) is 5.99. The van der Waals surface area contributed by atoms with Crippen LogP contribution in [0.3, 0.4) is 0 Å². The van der Waals surface area contributed by atoms with Crippen LogP contribution in [-0.4, -0.2) is 14.8 Å². The molecule has 0 amide bonds. The summed E-state index contributed by atoms with van der Waals surface area (Å²) in [5, 5.41) is 5.31. The Morgan fingerprint density at radius 3 is 2.42 bits per heavy atom. The molecule has 2 aromatic heterocycles. The van der Waals surface area contributed by atoms with E-state index in [1.54, 1.807) is 12.4 Å². The molecule has 0 atom stereocenters. The van der Waals surface area contributed by atoms with Gasteiger partial charge < -0.3 is 0 Å². The maximum atomic E-state index is 5.87. The number of halogens is 1. The minimum Gasteiger partial charge on any atom is -0.268 e. The van der Waals surface area contributed by atoms with E-state index >= 15 is 0 Å². The average molecular weight is 270 g/mol. The van der Waals surface area contributed by atoms with Crippen molar-refractivity contribution in [1.82, 2.24) is 14.8 Å². The molecule has 0 unspecified atom stereocenters. The van der Waals surface area contributed by atoms with Crippen LogP contribution in [0, 0.1) is 0 Å². The van der Waals surface area contributed by atoms with Gasteiger partial charge in [-0.25, -0.2) is 0 Å². The van der Waals surface area contributed by atoms with E-state index in [9.17, 15) is 0 Å². The monoisotopic (exact) mass is 269 g/mol. The van der Waals surface area contributed by atoms with Gasteiger partial charge in [0.05, 0.1) is 12.2 Å². The van der Waals surface area contributed by atoms with Crippen LogP contribution >= 0.6 is 11.6 Å². The second-order valence-electron chi connectivity index (χ2n) is 4.26. The molecule has 3 rings (SSSR count). The van der Waals surface area contributed by atoms with Crippen LogP contribution in [0.25, 0.3) is 11.3 Å². The van der Waals surface area contributed by atoms with Crippen LogP contribution in [0.1, 0.15) is 5.56 Å². The highest BCUT2D eigenvalue weighted by Crippen LogP contribution is 2.16. The van der Waals surface area contributed by atoms with E-state index in [4.69, 9.17) is 11.6 Å². The standard InChI is InChI=1S/C15H12ClN3/c16-14-3-1-12(2-4-14)11-19-10-7-15(18-19)13-5-8-17-9-6-13/h1-10H,11H2. The molecule has 4 heteroatoms. The molecule has 3 nitrogen and oxygen atoms in total. The van der Waals surface area contributed by atoms with Crippen LogP contribution < -0.4 is 0 Å². The lowest BCUT2D eigenvalue weighted by Gasteiger charge is -2.02. The third-order valence-electron chi connectivity index (χ3n) is 2.87. The Hall–Kier alpha value is -2.13. The molecule has 2 heterocycles. The highest BCUT2D eigenvalue weighted by atomic mass is 35.5. The van der Waals surface area contributed by atoms with Crippen molar-refractivity contribution < 1.29 is 0 Å². The largest absolute Gasteiger partial charge is 0.268 e. The van der Waals surface area contributed by atoms with E-state index < -0.39 is 0 Å². The van der Waals surface area contributed by atoms with Crippen molar-refractivity contribution in [3.63, 3.8) is 0 Å². The smallest absolute Gasteiger partial charge is 0.0924 e. The summed E-state index contributed by atoms with van der Waals surface area (Å²) in [6.45, 7) is 0.738. The van der Waals surface area contributed by atoms with Gasteiger partial charge in [-0.1, -0.05) is 23.7 Å². The fourth-order valence-corrected chi connectivity index (χ4v) is 2.03. The van der Waals surface area contributed by atoms with E-state index in [0.29, 0.717) is 0 Å². The predicted octanol–water partition coefficient (Wildman–Crippen LogP) is 3.65. The predicted molar refractivity (Wildman–Crippen MR) is 76.0 cm³/mol. The Morgan fingerprint density at radius 1 is 0.947 bits per heavy atom. The number of aromatic nitrogens is 3. The molecule has 0 saturated heterocycles. The zero-order chi connectivity index (χ0) is 13.1. The van der Waals surface area contributed by atoms with Crippen molar-refractivity contribution in [2.45, 2.75) is 6.54 Å². The van der Waals surface area contributed by atoms with E-state index in [1.165, 1.54) is 5.56 Å². The van der Waals surface area contributed by atoms with Crippen LogP contribution in [0.5, 0.6) is 0 Å². The molecule has 0 N–H and O–H groups in total. The minimum absolute atomic E-state index is 0.738. The van der Waals surface area contributed by atoms with Gasteiger partial charge in [0.2, 0.25) is 0 Å². The van der Waals surface area contributed by atoms with Crippen molar-refractivity contribution in [2.75, 3.05) is 0 Å². The zero-order valence-corrected chi connectivity index (χ0v) is 11.0. The van der Waals surface area contributed by atoms with Gasteiger partial charge in [0.15, 0.2) is 0 Å². The Labute approximate surface area is 116 Å². The number of nitrogens with zero attached hydrogens (tertiary/aromatic N) is 3. The van der Waals surface area contributed by atoms with Crippen LogP contribution in [-0.2, 0) is 6.54 Å². The van der Waals surface area contributed by atoms with Gasteiger partial charge in [0, 0.05) is 29.2 Å². The molecule has 3 aromatic rings. The number of rotatable bonds is 3. The van der Waals surface area contributed by atoms with Crippen LogP contribution in [0.4, 0.5) is 0 Å². The Kier molecular flexibility index (Phi) is 3.29. The van der Waals surface area contributed by atoms with Crippen molar-refractivity contribution in [3.8, 4) is 11.3 Å². The second kappa shape index (κ2) is 5.24. The van der Waals surface area contributed by atoms with Gasteiger partial charge in [-0.2, -0.15) is 5.10 Å². The van der Waals surface area contributed by atoms with Crippen LogP contribution in [0.15, 0.2) is 61.1 Å². The Balaban J connectivity index is 1.80. The lowest BCUT2D eigenvalue weighted by atomic mass is 10.2. The van der Waals surface area contributed by atoms with Crippen molar-refractivity contribution in [3.05, 3.63) is 71.6 Å². The topological polar surface area (TPSA) is 30.7 Å². The third-order valence-corrected chi connectivity index (χ3v) is 3.13. The van der Waals surface area contributed by atoms with Crippen molar-refractivity contribution in [1.29, 1.82) is 0 Å². The fraction of sp³-hybridized carbons (Fsp3) is 0.0667. The maximum Gasteiger partial charge on any atom is 0.0924 e. The molecule has 0 aliphatic heterocycles.